The summed E-state index contributed by atoms with van der Waals surface area (Å²) in [5, 5.41) is 6.03. The maximum Gasteiger partial charge on any atom is 0.320 e. The second-order valence-electron chi connectivity index (χ2n) is 7.75. The number of hydrogen-bond acceptors (Lipinski definition) is 5. The molecule has 1 aliphatic rings. The monoisotopic (exact) mass is 456 g/mol. The van der Waals surface area contributed by atoms with E-state index in [1.54, 1.807) is 21.3 Å². The van der Waals surface area contributed by atoms with Crippen molar-refractivity contribution < 1.29 is 19.0 Å². The van der Waals surface area contributed by atoms with Gasteiger partial charge in [-0.2, -0.15) is 0 Å². The molecular formula is C26H24N4O4. The van der Waals surface area contributed by atoms with Crippen molar-refractivity contribution in [2.24, 2.45) is 0 Å². The Kier molecular flexibility index (Phi) is 5.55. The van der Waals surface area contributed by atoms with Crippen LogP contribution in [0.1, 0.15) is 23.0 Å². The normalized spacial score (nSPS) is 15.6. The number of ether oxygens (including phenoxy) is 3. The van der Waals surface area contributed by atoms with Gasteiger partial charge < -0.3 is 29.8 Å². The molecule has 1 atom stereocenters. The minimum atomic E-state index is -0.543. The Bertz CT molecular complexity index is 1340. The van der Waals surface area contributed by atoms with Crippen LogP contribution in [0, 0.1) is 0 Å². The van der Waals surface area contributed by atoms with Crippen LogP contribution in [0.25, 0.3) is 22.3 Å². The van der Waals surface area contributed by atoms with E-state index in [0.29, 0.717) is 28.8 Å². The van der Waals surface area contributed by atoms with Crippen molar-refractivity contribution in [3.63, 3.8) is 0 Å². The molecule has 2 amide bonds. The molecule has 0 bridgehead atoms. The van der Waals surface area contributed by atoms with Crippen molar-refractivity contribution in [2.75, 3.05) is 21.3 Å². The number of rotatable bonds is 6. The van der Waals surface area contributed by atoms with Gasteiger partial charge in [-0.3, -0.25) is 0 Å². The summed E-state index contributed by atoms with van der Waals surface area (Å²) in [7, 11) is 4.68. The number of H-pyrrole nitrogens is 1. The average Bonchev–Trinajstić information content (AvgIpc) is 3.31. The van der Waals surface area contributed by atoms with Gasteiger partial charge in [0.05, 0.1) is 44.1 Å². The predicted molar refractivity (Wildman–Crippen MR) is 130 cm³/mol. The number of para-hydroxylation sites is 2. The third kappa shape index (κ3) is 3.69. The van der Waals surface area contributed by atoms with Gasteiger partial charge in [0, 0.05) is 5.57 Å². The first kappa shape index (κ1) is 21.4. The maximum atomic E-state index is 12.8. The summed E-state index contributed by atoms with van der Waals surface area (Å²) in [5.74, 6) is 2.11. The van der Waals surface area contributed by atoms with Crippen LogP contribution >= 0.6 is 0 Å². The number of hydrogen-bond donors (Lipinski definition) is 3. The van der Waals surface area contributed by atoms with E-state index in [2.05, 4.69) is 15.6 Å². The summed E-state index contributed by atoms with van der Waals surface area (Å²) < 4.78 is 16.6. The molecule has 172 valence electrons. The molecule has 4 aromatic rings. The molecule has 0 fully saturated rings. The minimum Gasteiger partial charge on any atom is -0.493 e. The van der Waals surface area contributed by atoms with Crippen molar-refractivity contribution in [2.45, 2.75) is 6.04 Å². The molecule has 2 heterocycles. The lowest BCUT2D eigenvalue weighted by Gasteiger charge is -2.30. The number of methoxy groups -OCH3 is 3. The van der Waals surface area contributed by atoms with Gasteiger partial charge in [-0.1, -0.05) is 42.5 Å². The number of fused-ring (bicyclic) bond motifs is 1. The Morgan fingerprint density at radius 3 is 2.18 bits per heavy atom. The summed E-state index contributed by atoms with van der Waals surface area (Å²) in [4.78, 5) is 21.1. The van der Waals surface area contributed by atoms with Crippen molar-refractivity contribution >= 4 is 28.3 Å². The molecule has 3 N–H and O–H groups in total. The van der Waals surface area contributed by atoms with Gasteiger partial charge in [-0.05, 0) is 35.4 Å². The molecule has 8 nitrogen and oxygen atoms in total. The van der Waals surface area contributed by atoms with Gasteiger partial charge in [0.25, 0.3) is 0 Å². The van der Waals surface area contributed by atoms with Crippen LogP contribution in [0.4, 0.5) is 4.79 Å². The third-order valence-electron chi connectivity index (χ3n) is 5.80. The summed E-state index contributed by atoms with van der Waals surface area (Å²) >= 11 is 0. The zero-order chi connectivity index (χ0) is 23.7. The summed E-state index contributed by atoms with van der Waals surface area (Å²) in [6.45, 7) is 0. The van der Waals surface area contributed by atoms with Gasteiger partial charge in [0.1, 0.15) is 5.82 Å². The van der Waals surface area contributed by atoms with Crippen LogP contribution in [-0.2, 0) is 0 Å². The molecule has 0 spiro atoms. The molecule has 0 unspecified atom stereocenters. The summed E-state index contributed by atoms with van der Waals surface area (Å²) in [6, 6.07) is 20.3. The van der Waals surface area contributed by atoms with Crippen LogP contribution < -0.4 is 24.8 Å². The lowest BCUT2D eigenvalue weighted by molar-refractivity contribution is 0.242. The molecular weight excluding hydrogens is 432 g/mol. The highest BCUT2D eigenvalue weighted by Crippen LogP contribution is 2.44. The topological polar surface area (TPSA) is 97.5 Å². The van der Waals surface area contributed by atoms with E-state index < -0.39 is 6.04 Å². The van der Waals surface area contributed by atoms with E-state index in [0.717, 1.165) is 27.7 Å². The fraction of sp³-hybridized carbons (Fsp3) is 0.154. The number of benzene rings is 3. The Morgan fingerprint density at radius 2 is 1.53 bits per heavy atom. The van der Waals surface area contributed by atoms with Crippen molar-refractivity contribution in [1.29, 1.82) is 0 Å². The molecule has 3 aromatic carbocycles. The third-order valence-corrected chi connectivity index (χ3v) is 5.80. The smallest absolute Gasteiger partial charge is 0.320 e. The number of urea groups is 1. The Labute approximate surface area is 196 Å². The average molecular weight is 457 g/mol. The summed E-state index contributed by atoms with van der Waals surface area (Å²) in [6.07, 6.45) is 0. The molecule has 0 radical (unpaired) electrons. The number of aromatic amines is 1. The van der Waals surface area contributed by atoms with Crippen molar-refractivity contribution in [3.8, 4) is 17.2 Å². The van der Waals surface area contributed by atoms with Crippen LogP contribution in [0.2, 0.25) is 0 Å². The molecule has 1 aliphatic heterocycles. The molecule has 8 heteroatoms. The maximum absolute atomic E-state index is 12.8. The largest absolute Gasteiger partial charge is 0.493 e. The van der Waals surface area contributed by atoms with Crippen LogP contribution in [-0.4, -0.2) is 37.3 Å². The first-order valence-electron chi connectivity index (χ1n) is 10.7. The lowest BCUT2D eigenvalue weighted by atomic mass is 9.91. The highest BCUT2D eigenvalue weighted by Gasteiger charge is 2.33. The number of nitrogens with zero attached hydrogens (tertiary/aromatic N) is 1. The quantitative estimate of drug-likeness (QED) is 0.397. The highest BCUT2D eigenvalue weighted by molar-refractivity contribution is 6.02. The first-order chi connectivity index (χ1) is 16.6. The van der Waals surface area contributed by atoms with E-state index in [9.17, 15) is 4.79 Å². The van der Waals surface area contributed by atoms with E-state index in [4.69, 9.17) is 19.2 Å². The second-order valence-corrected chi connectivity index (χ2v) is 7.75. The predicted octanol–water partition coefficient (Wildman–Crippen LogP) is 4.51. The molecule has 5 rings (SSSR count). The van der Waals surface area contributed by atoms with Crippen LogP contribution in [0.5, 0.6) is 17.2 Å². The molecule has 1 aromatic heterocycles. The van der Waals surface area contributed by atoms with Gasteiger partial charge in [-0.15, -0.1) is 0 Å². The fourth-order valence-corrected chi connectivity index (χ4v) is 4.25. The van der Waals surface area contributed by atoms with Gasteiger partial charge in [0.2, 0.25) is 5.75 Å². The fourth-order valence-electron chi connectivity index (χ4n) is 4.25. The SMILES string of the molecule is COc1cc([C@H]2NC(=O)NC(c3ccccc3)=C2c2nc3ccccc3[nH]2)cc(OC)c1OC. The molecule has 0 aliphatic carbocycles. The van der Waals surface area contributed by atoms with E-state index in [-0.39, 0.29) is 6.03 Å². The van der Waals surface area contributed by atoms with Crippen molar-refractivity contribution in [1.82, 2.24) is 20.6 Å². The number of imidazole rings is 1. The molecule has 0 saturated carbocycles. The van der Waals surface area contributed by atoms with Crippen LogP contribution in [0.3, 0.4) is 0 Å². The Hall–Kier alpha value is -4.46. The Balaban J connectivity index is 1.78. The van der Waals surface area contributed by atoms with E-state index in [1.165, 1.54) is 0 Å². The number of nitrogens with one attached hydrogen (secondary N) is 3. The minimum absolute atomic E-state index is 0.322. The van der Waals surface area contributed by atoms with Gasteiger partial charge in [-0.25, -0.2) is 9.78 Å². The van der Waals surface area contributed by atoms with Crippen LogP contribution in [0.15, 0.2) is 66.7 Å². The van der Waals surface area contributed by atoms with Gasteiger partial charge in [0.15, 0.2) is 11.5 Å². The van der Waals surface area contributed by atoms with E-state index in [1.807, 2.05) is 66.7 Å². The number of carbonyl (C=O) groups is 1. The second kappa shape index (κ2) is 8.82. The van der Waals surface area contributed by atoms with Gasteiger partial charge >= 0.3 is 6.03 Å². The van der Waals surface area contributed by atoms with Crippen molar-refractivity contribution in [3.05, 3.63) is 83.7 Å². The Morgan fingerprint density at radius 1 is 0.853 bits per heavy atom. The number of aromatic nitrogens is 2. The van der Waals surface area contributed by atoms with E-state index >= 15 is 0 Å². The standard InChI is InChI=1S/C26H24N4O4/c1-32-19-13-16(14-20(33-2)24(19)34-3)23-21(25-27-17-11-7-8-12-18(17)28-25)22(29-26(31)30-23)15-9-5-4-6-10-15/h4-14,23H,1-3H3,(H,27,28)(H2,29,30,31)/t23-/m1/s1. The molecule has 0 saturated heterocycles. The zero-order valence-electron chi connectivity index (χ0n) is 19.0. The summed E-state index contributed by atoms with van der Waals surface area (Å²) in [5.41, 5.74) is 4.81. The number of amides is 2. The zero-order valence-corrected chi connectivity index (χ0v) is 19.0. The number of carbonyl (C=O) groups excluding carboxylic acids is 1. The first-order valence-corrected chi connectivity index (χ1v) is 10.7. The lowest BCUT2D eigenvalue weighted by Crippen LogP contribution is -2.43. The highest BCUT2D eigenvalue weighted by atomic mass is 16.5. The molecule has 34 heavy (non-hydrogen) atoms.